The van der Waals surface area contributed by atoms with Gasteiger partial charge in [0.05, 0.1) is 31.3 Å². The lowest BCUT2D eigenvalue weighted by Crippen LogP contribution is -2.70. The normalized spacial score (nSPS) is 31.0. The quantitative estimate of drug-likeness (QED) is 0.101. The van der Waals surface area contributed by atoms with Crippen LogP contribution >= 0.6 is 11.8 Å². The predicted molar refractivity (Wildman–Crippen MR) is 184 cm³/mol. The van der Waals surface area contributed by atoms with Crippen molar-refractivity contribution in [1.82, 2.24) is 20.2 Å². The first-order chi connectivity index (χ1) is 24.7. The lowest BCUT2D eigenvalue weighted by molar-refractivity contribution is -0.577. The van der Waals surface area contributed by atoms with Crippen molar-refractivity contribution in [3.8, 4) is 11.4 Å². The standard InChI is InChI=1S/C36H45N5O9S/c1-5-44-31(43)26-14-13-24(37-30(42)21-51-34-38-39-40-41(34)25-10-7-6-8-11-25)20-29(26)45-18-9-19-46-32-23(3)28-15-12-22(2)27-16-17-35(4)48-33(47-32)36(27,28)50-49-35/h6-8,10-11,13-14,20,22-23,27-28,32-33H,5,9,12,15-19,21H2,1-4H3,(H,37,42)/t22-,23-,27?,28+,32+,33-,35-,36-/m1/s1. The van der Waals surface area contributed by atoms with E-state index in [0.29, 0.717) is 35.5 Å². The van der Waals surface area contributed by atoms with Gasteiger partial charge in [-0.1, -0.05) is 43.8 Å². The smallest absolute Gasteiger partial charge is 0.341 e. The van der Waals surface area contributed by atoms with E-state index >= 15 is 0 Å². The van der Waals surface area contributed by atoms with E-state index in [9.17, 15) is 9.59 Å². The first-order valence-electron chi connectivity index (χ1n) is 17.7. The summed E-state index contributed by atoms with van der Waals surface area (Å²) in [7, 11) is 0. The van der Waals surface area contributed by atoms with Gasteiger partial charge >= 0.3 is 5.97 Å². The Labute approximate surface area is 301 Å². The summed E-state index contributed by atoms with van der Waals surface area (Å²) in [6.07, 6.45) is 3.30. The summed E-state index contributed by atoms with van der Waals surface area (Å²) in [4.78, 5) is 37.8. The van der Waals surface area contributed by atoms with Gasteiger partial charge in [0.15, 0.2) is 18.2 Å². The fourth-order valence-electron chi connectivity index (χ4n) is 7.93. The van der Waals surface area contributed by atoms with E-state index in [1.165, 1.54) is 11.8 Å². The molecule has 2 aromatic carbocycles. The molecule has 274 valence electrons. The number of carbonyl (C=O) groups is 2. The number of nitrogens with one attached hydrogen (secondary N) is 1. The van der Waals surface area contributed by atoms with Crippen LogP contribution in [0.2, 0.25) is 0 Å². The second-order valence-corrected chi connectivity index (χ2v) is 14.8. The summed E-state index contributed by atoms with van der Waals surface area (Å²) in [5, 5.41) is 15.2. The van der Waals surface area contributed by atoms with Crippen molar-refractivity contribution >= 4 is 29.3 Å². The van der Waals surface area contributed by atoms with E-state index < -0.39 is 29.9 Å². The van der Waals surface area contributed by atoms with Gasteiger partial charge in [0.2, 0.25) is 16.9 Å². The first kappa shape index (κ1) is 35.8. The van der Waals surface area contributed by atoms with E-state index in [1.54, 1.807) is 29.8 Å². The number of benzene rings is 2. The van der Waals surface area contributed by atoms with Crippen LogP contribution in [-0.2, 0) is 33.5 Å². The highest BCUT2D eigenvalue weighted by atomic mass is 32.2. The molecule has 1 aliphatic carbocycles. The van der Waals surface area contributed by atoms with Crippen LogP contribution < -0.4 is 10.1 Å². The molecular weight excluding hydrogens is 678 g/mol. The van der Waals surface area contributed by atoms with E-state index in [-0.39, 0.29) is 48.2 Å². The summed E-state index contributed by atoms with van der Waals surface area (Å²) in [5.74, 6) is -0.270. The Morgan fingerprint density at radius 3 is 2.73 bits per heavy atom. The van der Waals surface area contributed by atoms with Crippen LogP contribution in [0.25, 0.3) is 5.69 Å². The number of rotatable bonds is 13. The largest absolute Gasteiger partial charge is 0.493 e. The van der Waals surface area contributed by atoms with Crippen molar-refractivity contribution in [3.05, 3.63) is 54.1 Å². The highest BCUT2D eigenvalue weighted by Gasteiger charge is 2.69. The highest BCUT2D eigenvalue weighted by molar-refractivity contribution is 7.99. The van der Waals surface area contributed by atoms with Crippen molar-refractivity contribution < 1.29 is 43.0 Å². The number of aromatic nitrogens is 4. The lowest BCUT2D eigenvalue weighted by atomic mass is 9.58. The van der Waals surface area contributed by atoms with Crippen LogP contribution in [0.5, 0.6) is 5.75 Å². The molecule has 1 saturated carbocycles. The summed E-state index contributed by atoms with van der Waals surface area (Å²) in [6, 6.07) is 14.3. The fraction of sp³-hybridized carbons (Fsp3) is 0.583. The van der Waals surface area contributed by atoms with Crippen LogP contribution in [-0.4, -0.2) is 81.6 Å². The zero-order chi connectivity index (χ0) is 35.6. The third-order valence-electron chi connectivity index (χ3n) is 10.5. The molecule has 5 aliphatic rings. The molecule has 1 amide bonds. The molecule has 14 nitrogen and oxygen atoms in total. The number of carbonyl (C=O) groups excluding carboxylic acids is 2. The van der Waals surface area contributed by atoms with Gasteiger partial charge in [-0.2, -0.15) is 4.68 Å². The number of thioether (sulfide) groups is 1. The second kappa shape index (κ2) is 15.2. The third kappa shape index (κ3) is 7.24. The second-order valence-electron chi connectivity index (χ2n) is 13.8. The number of ether oxygens (including phenoxy) is 5. The molecule has 1 aromatic heterocycles. The maximum Gasteiger partial charge on any atom is 0.341 e. The van der Waals surface area contributed by atoms with Gasteiger partial charge in [0.1, 0.15) is 11.3 Å². The van der Waals surface area contributed by atoms with E-state index in [2.05, 4.69) is 34.7 Å². The number of nitrogens with zero attached hydrogens (tertiary/aromatic N) is 4. The Bertz CT molecular complexity index is 1700. The third-order valence-corrected chi connectivity index (χ3v) is 11.4. The van der Waals surface area contributed by atoms with Crippen molar-refractivity contribution in [3.63, 3.8) is 0 Å². The number of esters is 1. The van der Waals surface area contributed by atoms with Crippen LogP contribution in [0.3, 0.4) is 0 Å². The molecule has 1 N–H and O–H groups in total. The van der Waals surface area contributed by atoms with Crippen molar-refractivity contribution in [2.45, 2.75) is 88.9 Å². The van der Waals surface area contributed by atoms with Gasteiger partial charge in [-0.15, -0.1) is 5.10 Å². The summed E-state index contributed by atoms with van der Waals surface area (Å²) < 4.78 is 32.2. The molecule has 5 heterocycles. The maximum atomic E-state index is 12.9. The molecule has 4 aliphatic heterocycles. The monoisotopic (exact) mass is 723 g/mol. The number of tetrazole rings is 1. The molecule has 15 heteroatoms. The van der Waals surface area contributed by atoms with Crippen molar-refractivity contribution in [2.75, 3.05) is 30.9 Å². The topological polar surface area (TPSA) is 154 Å². The number of hydrogen-bond donors (Lipinski definition) is 1. The predicted octanol–water partition coefficient (Wildman–Crippen LogP) is 5.56. The van der Waals surface area contributed by atoms with Gasteiger partial charge in [0.25, 0.3) is 0 Å². The van der Waals surface area contributed by atoms with E-state index in [1.807, 2.05) is 37.3 Å². The van der Waals surface area contributed by atoms with Crippen LogP contribution in [0.4, 0.5) is 5.69 Å². The minimum atomic E-state index is -0.847. The fourth-order valence-corrected chi connectivity index (χ4v) is 8.62. The van der Waals surface area contributed by atoms with Crippen LogP contribution in [0.1, 0.15) is 70.2 Å². The lowest BCUT2D eigenvalue weighted by Gasteiger charge is -2.60. The molecule has 1 unspecified atom stereocenters. The van der Waals surface area contributed by atoms with E-state index in [0.717, 1.165) is 31.4 Å². The zero-order valence-electron chi connectivity index (χ0n) is 29.3. The average molecular weight is 724 g/mol. The van der Waals surface area contributed by atoms with Crippen LogP contribution in [0, 0.1) is 23.7 Å². The molecule has 8 atom stereocenters. The average Bonchev–Trinajstić information content (AvgIpc) is 3.49. The molecule has 51 heavy (non-hydrogen) atoms. The molecule has 0 radical (unpaired) electrons. The minimum absolute atomic E-state index is 0.0617. The van der Waals surface area contributed by atoms with Crippen molar-refractivity contribution in [2.24, 2.45) is 23.7 Å². The first-order valence-corrected chi connectivity index (χ1v) is 18.7. The molecule has 2 bridgehead atoms. The summed E-state index contributed by atoms with van der Waals surface area (Å²) in [6.45, 7) is 8.93. The minimum Gasteiger partial charge on any atom is -0.493 e. The molecule has 1 spiro atoms. The SMILES string of the molecule is CCOC(=O)c1ccc(NC(=O)CSc2nnnn2-c2ccccc2)cc1OCCCO[C@H]1O[C@@H]2O[C@@]3(C)CCC4[C@H](C)CC[C@@H]([C@H]1C)[C@]42OO3. The summed E-state index contributed by atoms with van der Waals surface area (Å²) >= 11 is 1.21. The van der Waals surface area contributed by atoms with Gasteiger partial charge < -0.3 is 29.0 Å². The highest BCUT2D eigenvalue weighted by Crippen LogP contribution is 2.60. The molecule has 8 rings (SSSR count). The van der Waals surface area contributed by atoms with Crippen LogP contribution in [0.15, 0.2) is 53.7 Å². The van der Waals surface area contributed by atoms with E-state index in [4.69, 9.17) is 33.5 Å². The van der Waals surface area contributed by atoms with Gasteiger partial charge in [-0.25, -0.2) is 14.6 Å². The van der Waals surface area contributed by atoms with Gasteiger partial charge in [0, 0.05) is 36.4 Å². The maximum absolute atomic E-state index is 12.9. The molecular formula is C36H45N5O9S. The number of amides is 1. The Kier molecular flexibility index (Phi) is 10.6. The van der Waals surface area contributed by atoms with Gasteiger partial charge in [-0.05, 0) is 79.6 Å². The molecule has 5 fully saturated rings. The van der Waals surface area contributed by atoms with Gasteiger partial charge in [-0.3, -0.25) is 4.79 Å². The zero-order valence-corrected chi connectivity index (χ0v) is 30.1. The number of anilines is 1. The number of para-hydroxylation sites is 1. The van der Waals surface area contributed by atoms with Crippen molar-refractivity contribution in [1.29, 1.82) is 0 Å². The Hall–Kier alpha value is -3.60. The summed E-state index contributed by atoms with van der Waals surface area (Å²) in [5.41, 5.74) is 0.882. The Morgan fingerprint density at radius 2 is 1.90 bits per heavy atom. The molecule has 3 aromatic rings. The number of hydrogen-bond acceptors (Lipinski definition) is 13. The molecule has 4 saturated heterocycles. The Morgan fingerprint density at radius 1 is 1.06 bits per heavy atom. The Balaban J connectivity index is 0.947. The number of fused-ring (bicyclic) bond motifs is 2.